The molecule has 1 saturated carbocycles. The van der Waals surface area contributed by atoms with Crippen molar-refractivity contribution in [1.29, 1.82) is 0 Å². The molecule has 11 heteroatoms. The minimum absolute atomic E-state index is 0.0245. The Bertz CT molecular complexity index is 1720. The Morgan fingerprint density at radius 3 is 2.59 bits per heavy atom. The van der Waals surface area contributed by atoms with Crippen LogP contribution in [-0.2, 0) is 11.3 Å². The van der Waals surface area contributed by atoms with Crippen LogP contribution in [0.5, 0.6) is 5.75 Å². The number of hydrogen-bond acceptors (Lipinski definition) is 6. The zero-order valence-corrected chi connectivity index (χ0v) is 23.8. The van der Waals surface area contributed by atoms with Crippen LogP contribution in [0.4, 0.5) is 19.0 Å². The quantitative estimate of drug-likeness (QED) is 0.227. The number of piperidine rings is 1. The zero-order valence-electron chi connectivity index (χ0n) is 23.8. The van der Waals surface area contributed by atoms with Gasteiger partial charge in [0.25, 0.3) is 11.8 Å². The molecule has 3 N–H and O–H groups in total. The third-order valence-corrected chi connectivity index (χ3v) is 7.96. The normalized spacial score (nSPS) is 16.7. The fourth-order valence-electron chi connectivity index (χ4n) is 5.19. The number of ether oxygens (including phenoxy) is 1. The van der Waals surface area contributed by atoms with Gasteiger partial charge in [0.15, 0.2) is 11.3 Å². The summed E-state index contributed by atoms with van der Waals surface area (Å²) in [6.45, 7) is -0.0373. The number of anilines is 1. The Morgan fingerprint density at radius 2 is 1.91 bits per heavy atom. The van der Waals surface area contributed by atoms with Crippen molar-refractivity contribution in [3.63, 3.8) is 0 Å². The fourth-order valence-corrected chi connectivity index (χ4v) is 5.19. The van der Waals surface area contributed by atoms with Gasteiger partial charge in [-0.25, -0.2) is 18.2 Å². The molecule has 2 amide bonds. The molecule has 6 rings (SSSR count). The first-order valence-electron chi connectivity index (χ1n) is 14.5. The molecule has 0 atom stereocenters. The van der Waals surface area contributed by atoms with E-state index in [1.54, 1.807) is 42.6 Å². The van der Waals surface area contributed by atoms with Crippen molar-refractivity contribution in [1.82, 2.24) is 15.2 Å². The number of alkyl halides is 2. The van der Waals surface area contributed by atoms with Gasteiger partial charge in [-0.05, 0) is 78.9 Å². The Hall–Kier alpha value is -4.80. The van der Waals surface area contributed by atoms with Gasteiger partial charge < -0.3 is 25.1 Å². The van der Waals surface area contributed by atoms with Gasteiger partial charge in [0.2, 0.25) is 5.91 Å². The van der Waals surface area contributed by atoms with Crippen molar-refractivity contribution >= 4 is 34.7 Å². The van der Waals surface area contributed by atoms with Crippen LogP contribution >= 0.6 is 0 Å². The van der Waals surface area contributed by atoms with Gasteiger partial charge in [-0.3, -0.25) is 9.59 Å². The summed E-state index contributed by atoms with van der Waals surface area (Å²) in [5, 5.41) is 3.45. The smallest absolute Gasteiger partial charge is 0.253 e. The van der Waals surface area contributed by atoms with Crippen molar-refractivity contribution < 1.29 is 31.9 Å². The number of aromatic nitrogens is 1. The first-order chi connectivity index (χ1) is 21.1. The highest BCUT2D eigenvalue weighted by atomic mass is 19.3. The van der Waals surface area contributed by atoms with Crippen molar-refractivity contribution in [3.8, 4) is 16.9 Å². The molecule has 2 aromatic heterocycles. The number of nitrogens with zero attached hydrogens (tertiary/aromatic N) is 2. The summed E-state index contributed by atoms with van der Waals surface area (Å²) in [5.74, 6) is -2.87. The molecule has 228 valence electrons. The van der Waals surface area contributed by atoms with E-state index < -0.39 is 30.5 Å². The van der Waals surface area contributed by atoms with Gasteiger partial charge in [0, 0.05) is 54.7 Å². The maximum atomic E-state index is 15.5. The summed E-state index contributed by atoms with van der Waals surface area (Å²) < 4.78 is 54.8. The first-order valence-corrected chi connectivity index (χ1v) is 14.5. The molecule has 44 heavy (non-hydrogen) atoms. The van der Waals surface area contributed by atoms with E-state index in [2.05, 4.69) is 10.3 Å². The largest absolute Gasteiger partial charge is 0.486 e. The third-order valence-electron chi connectivity index (χ3n) is 7.96. The van der Waals surface area contributed by atoms with Crippen molar-refractivity contribution in [2.75, 3.05) is 18.8 Å². The molecule has 1 saturated heterocycles. The lowest BCUT2D eigenvalue weighted by atomic mass is 9.96. The molecule has 2 aromatic carbocycles. The van der Waals surface area contributed by atoms with E-state index in [0.717, 1.165) is 30.9 Å². The number of fused-ring (bicyclic) bond motifs is 1. The van der Waals surface area contributed by atoms with Gasteiger partial charge in [0.1, 0.15) is 17.4 Å². The number of rotatable bonds is 8. The highest BCUT2D eigenvalue weighted by Crippen LogP contribution is 2.38. The van der Waals surface area contributed by atoms with Gasteiger partial charge in [-0.2, -0.15) is 0 Å². The molecule has 0 unspecified atom stereocenters. The Balaban J connectivity index is 1.21. The molecule has 4 aromatic rings. The van der Waals surface area contributed by atoms with Gasteiger partial charge in [-0.1, -0.05) is 6.07 Å². The van der Waals surface area contributed by atoms with Crippen molar-refractivity contribution in [3.05, 3.63) is 83.5 Å². The molecule has 0 spiro atoms. The standard InChI is InChI=1S/C33H31F3N4O4/c34-27-16-21(32(42)40-12-10-33(35,36)11-13-40)6-7-26(27)22-14-23-15-25(44-31(23)28(17-22)43-24-2-1-3-24)19-39-30(41)9-5-20-4-8-29(37)38-18-20/h4-9,14-18,24H,1-3,10-13,19H2,(H2,37,38)(H,39,41)/b9-5+. The van der Waals surface area contributed by atoms with Gasteiger partial charge >= 0.3 is 0 Å². The fraction of sp³-hybridized carbons (Fsp3) is 0.303. The van der Waals surface area contributed by atoms with E-state index in [9.17, 15) is 18.4 Å². The van der Waals surface area contributed by atoms with Crippen LogP contribution in [0, 0.1) is 5.82 Å². The number of benzene rings is 2. The van der Waals surface area contributed by atoms with Crippen LogP contribution in [0.2, 0.25) is 0 Å². The molecule has 3 heterocycles. The lowest BCUT2D eigenvalue weighted by molar-refractivity contribution is -0.116. The number of likely N-dealkylation sites (tertiary alicyclic amines) is 1. The van der Waals surface area contributed by atoms with Crippen molar-refractivity contribution in [2.24, 2.45) is 0 Å². The topological polar surface area (TPSA) is 111 Å². The molecule has 1 aliphatic carbocycles. The number of furan rings is 1. The number of halogens is 3. The Kier molecular flexibility index (Phi) is 8.03. The number of nitrogens with one attached hydrogen (secondary N) is 1. The summed E-state index contributed by atoms with van der Waals surface area (Å²) in [5.41, 5.74) is 7.69. The first kappa shape index (κ1) is 29.3. The number of carbonyl (C=O) groups is 2. The molecule has 0 radical (unpaired) electrons. The lowest BCUT2D eigenvalue weighted by Gasteiger charge is -2.31. The maximum absolute atomic E-state index is 15.5. The number of carbonyl (C=O) groups excluding carboxylic acids is 2. The Morgan fingerprint density at radius 1 is 1.11 bits per heavy atom. The third kappa shape index (κ3) is 6.56. The predicted octanol–water partition coefficient (Wildman–Crippen LogP) is 6.35. The van der Waals surface area contributed by atoms with Crippen LogP contribution in [0.3, 0.4) is 0 Å². The highest BCUT2D eigenvalue weighted by Gasteiger charge is 2.36. The zero-order chi connectivity index (χ0) is 30.8. The number of nitrogens with two attached hydrogens (primary N) is 1. The molecular weight excluding hydrogens is 573 g/mol. The van der Waals surface area contributed by atoms with E-state index in [0.29, 0.717) is 33.9 Å². The minimum Gasteiger partial charge on any atom is -0.486 e. The average Bonchev–Trinajstić information content (AvgIpc) is 3.40. The van der Waals surface area contributed by atoms with Gasteiger partial charge in [-0.15, -0.1) is 0 Å². The van der Waals surface area contributed by atoms with E-state index >= 15 is 4.39 Å². The molecule has 2 fully saturated rings. The van der Waals surface area contributed by atoms with Crippen LogP contribution < -0.4 is 15.8 Å². The molecule has 2 aliphatic rings. The summed E-state index contributed by atoms with van der Waals surface area (Å²) in [6.07, 6.45) is 6.64. The molecule has 8 nitrogen and oxygen atoms in total. The van der Waals surface area contributed by atoms with E-state index in [4.69, 9.17) is 14.9 Å². The van der Waals surface area contributed by atoms with E-state index in [1.165, 1.54) is 23.1 Å². The summed E-state index contributed by atoms with van der Waals surface area (Å²) in [6, 6.07) is 12.8. The second-order valence-electron chi connectivity index (χ2n) is 11.2. The van der Waals surface area contributed by atoms with E-state index in [1.807, 2.05) is 0 Å². The average molecular weight is 605 g/mol. The summed E-state index contributed by atoms with van der Waals surface area (Å²) >= 11 is 0. The number of nitrogen functional groups attached to an aromatic ring is 1. The SMILES string of the molecule is Nc1ccc(/C=C/C(=O)NCc2cc3cc(-c4ccc(C(=O)N5CCC(F)(F)CC5)cc4F)cc(OC4CCC4)c3o2)cn1. The molecule has 0 bridgehead atoms. The monoisotopic (exact) mass is 604 g/mol. The molecular formula is C33H31F3N4O4. The van der Waals surface area contributed by atoms with Gasteiger partial charge in [0.05, 0.1) is 12.6 Å². The van der Waals surface area contributed by atoms with Crippen LogP contribution in [0.25, 0.3) is 28.2 Å². The number of pyridine rings is 1. The van der Waals surface area contributed by atoms with Crippen molar-refractivity contribution in [2.45, 2.75) is 50.7 Å². The number of hydrogen-bond donors (Lipinski definition) is 2. The predicted molar refractivity (Wildman–Crippen MR) is 159 cm³/mol. The molecule has 1 aliphatic heterocycles. The summed E-state index contributed by atoms with van der Waals surface area (Å²) in [4.78, 5) is 30.6. The number of amides is 2. The minimum atomic E-state index is -2.78. The summed E-state index contributed by atoms with van der Waals surface area (Å²) in [7, 11) is 0. The maximum Gasteiger partial charge on any atom is 0.253 e. The second kappa shape index (κ2) is 12.1. The van der Waals surface area contributed by atoms with Crippen LogP contribution in [0.15, 0.2) is 65.2 Å². The van der Waals surface area contributed by atoms with Crippen LogP contribution in [0.1, 0.15) is 53.8 Å². The van der Waals surface area contributed by atoms with Crippen LogP contribution in [-0.4, -0.2) is 46.8 Å². The van der Waals surface area contributed by atoms with E-state index in [-0.39, 0.29) is 42.8 Å². The Labute approximate surface area is 251 Å². The second-order valence-corrected chi connectivity index (χ2v) is 11.2. The highest BCUT2D eigenvalue weighted by molar-refractivity contribution is 5.95. The lowest BCUT2D eigenvalue weighted by Crippen LogP contribution is -2.42.